The van der Waals surface area contributed by atoms with E-state index in [1.807, 2.05) is 18.5 Å². The van der Waals surface area contributed by atoms with Crippen LogP contribution < -0.4 is 5.32 Å². The van der Waals surface area contributed by atoms with Crippen LogP contribution >= 0.6 is 0 Å². The van der Waals surface area contributed by atoms with Crippen molar-refractivity contribution in [3.05, 3.63) is 54.7 Å². The van der Waals surface area contributed by atoms with Gasteiger partial charge in [0.2, 0.25) is 6.41 Å². The quantitative estimate of drug-likeness (QED) is 0.529. The van der Waals surface area contributed by atoms with Crippen molar-refractivity contribution in [2.24, 2.45) is 0 Å². The highest BCUT2D eigenvalue weighted by Gasteiger charge is 2.29. The summed E-state index contributed by atoms with van der Waals surface area (Å²) in [5.74, 6) is 0.140. The molecule has 0 aliphatic carbocycles. The van der Waals surface area contributed by atoms with Gasteiger partial charge >= 0.3 is 0 Å². The van der Waals surface area contributed by atoms with Gasteiger partial charge in [-0.05, 0) is 43.4 Å². The monoisotopic (exact) mass is 391 g/mol. The summed E-state index contributed by atoms with van der Waals surface area (Å²) in [7, 11) is 2.07. The van der Waals surface area contributed by atoms with E-state index in [2.05, 4.69) is 31.8 Å². The van der Waals surface area contributed by atoms with E-state index in [9.17, 15) is 9.18 Å². The first-order valence-electron chi connectivity index (χ1n) is 9.20. The van der Waals surface area contributed by atoms with Crippen molar-refractivity contribution in [3.8, 4) is 22.6 Å². The van der Waals surface area contributed by atoms with E-state index in [-0.39, 0.29) is 5.82 Å². The van der Waals surface area contributed by atoms with Gasteiger partial charge in [0.15, 0.2) is 11.5 Å². The molecule has 1 fully saturated rings. The first kappa shape index (κ1) is 17.5. The number of halogens is 1. The van der Waals surface area contributed by atoms with Gasteiger partial charge in [-0.3, -0.25) is 4.79 Å². The van der Waals surface area contributed by atoms with E-state index in [4.69, 9.17) is 5.10 Å². The number of hydrogen-bond acceptors (Lipinski definition) is 5. The molecule has 0 saturated carbocycles. The Hall–Kier alpha value is -3.59. The summed E-state index contributed by atoms with van der Waals surface area (Å²) in [5.41, 5.74) is 3.78. The summed E-state index contributed by atoms with van der Waals surface area (Å²) in [6.45, 7) is 1.85. The van der Waals surface area contributed by atoms with Crippen molar-refractivity contribution in [2.75, 3.05) is 25.5 Å². The molecule has 5 rings (SSSR count). The van der Waals surface area contributed by atoms with E-state index < -0.39 is 0 Å². The number of carbonyl (C=O) groups is 1. The number of nitrogens with one attached hydrogen (secondary N) is 1. The normalized spacial score (nSPS) is 14.8. The van der Waals surface area contributed by atoms with E-state index >= 15 is 0 Å². The van der Waals surface area contributed by atoms with E-state index in [1.165, 1.54) is 12.1 Å². The van der Waals surface area contributed by atoms with Gasteiger partial charge < -0.3 is 14.8 Å². The smallest absolute Gasteiger partial charge is 0.212 e. The lowest BCUT2D eigenvalue weighted by Crippen LogP contribution is -2.44. The molecule has 0 radical (unpaired) electrons. The van der Waals surface area contributed by atoms with Gasteiger partial charge in [-0.1, -0.05) is 0 Å². The minimum atomic E-state index is -0.288. The van der Waals surface area contributed by atoms with Crippen LogP contribution in [0.2, 0.25) is 0 Å². The summed E-state index contributed by atoms with van der Waals surface area (Å²) < 4.78 is 17.2. The molecule has 1 aromatic carbocycles. The highest BCUT2D eigenvalue weighted by atomic mass is 19.1. The zero-order valence-electron chi connectivity index (χ0n) is 15.7. The standard InChI is InChI=1S/C20H18FN7O/c1-26-8-15(9-26)27-11-22-19(13-2-4-14(21)5-3-13)20(27)16-6-7-18-24-17(23-12-29)10-28(18)25-16/h2-7,10-12,15H,8-9H2,1H3,(H,23,29). The van der Waals surface area contributed by atoms with Crippen LogP contribution in [0, 0.1) is 5.82 Å². The number of benzene rings is 1. The van der Waals surface area contributed by atoms with Crippen LogP contribution in [0.25, 0.3) is 28.3 Å². The number of imidazole rings is 2. The minimum Gasteiger partial charge on any atom is -0.323 e. The maximum Gasteiger partial charge on any atom is 0.212 e. The van der Waals surface area contributed by atoms with Crippen molar-refractivity contribution in [3.63, 3.8) is 0 Å². The molecular formula is C20H18FN7O. The minimum absolute atomic E-state index is 0.288. The van der Waals surface area contributed by atoms with Gasteiger partial charge in [0.25, 0.3) is 0 Å². The molecule has 1 aliphatic rings. The number of anilines is 1. The molecule has 1 saturated heterocycles. The molecule has 0 unspecified atom stereocenters. The van der Waals surface area contributed by atoms with Crippen LogP contribution in [0.1, 0.15) is 6.04 Å². The molecule has 29 heavy (non-hydrogen) atoms. The van der Waals surface area contributed by atoms with Crippen molar-refractivity contribution in [1.82, 2.24) is 29.0 Å². The lowest BCUT2D eigenvalue weighted by atomic mass is 10.1. The second kappa shape index (κ2) is 6.78. The highest BCUT2D eigenvalue weighted by Crippen LogP contribution is 2.34. The van der Waals surface area contributed by atoms with Gasteiger partial charge in [0.1, 0.15) is 11.5 Å². The maximum atomic E-state index is 13.4. The molecule has 8 nitrogen and oxygen atoms in total. The third-order valence-electron chi connectivity index (χ3n) is 5.12. The molecule has 4 heterocycles. The molecule has 1 amide bonds. The summed E-state index contributed by atoms with van der Waals surface area (Å²) in [6.07, 6.45) is 4.06. The van der Waals surface area contributed by atoms with Crippen LogP contribution in [0.15, 0.2) is 48.9 Å². The van der Waals surface area contributed by atoms with Crippen LogP contribution in [-0.2, 0) is 4.79 Å². The first-order valence-corrected chi connectivity index (χ1v) is 9.20. The number of aromatic nitrogens is 5. The van der Waals surface area contributed by atoms with Gasteiger partial charge in [-0.2, -0.15) is 5.10 Å². The predicted molar refractivity (Wildman–Crippen MR) is 106 cm³/mol. The SMILES string of the molecule is CN1CC(n2cnc(-c3ccc(F)cc3)c2-c2ccc3nc(NC=O)cn3n2)C1. The number of amides is 1. The summed E-state index contributed by atoms with van der Waals surface area (Å²) in [5, 5.41) is 7.23. The molecule has 4 aromatic rings. The molecule has 9 heteroatoms. The number of carbonyl (C=O) groups excluding carboxylic acids is 1. The van der Waals surface area contributed by atoms with Crippen LogP contribution in [0.3, 0.4) is 0 Å². The average Bonchev–Trinajstić information content (AvgIpc) is 3.29. The van der Waals surface area contributed by atoms with E-state index in [1.54, 1.807) is 22.8 Å². The van der Waals surface area contributed by atoms with Gasteiger partial charge in [0, 0.05) is 18.7 Å². The van der Waals surface area contributed by atoms with Crippen molar-refractivity contribution in [2.45, 2.75) is 6.04 Å². The van der Waals surface area contributed by atoms with Crippen LogP contribution in [0.5, 0.6) is 0 Å². The molecule has 3 aromatic heterocycles. The van der Waals surface area contributed by atoms with Gasteiger partial charge in [-0.25, -0.2) is 18.9 Å². The molecule has 0 spiro atoms. The van der Waals surface area contributed by atoms with Crippen molar-refractivity contribution < 1.29 is 9.18 Å². The Labute approximate surface area is 165 Å². The van der Waals surface area contributed by atoms with Gasteiger partial charge in [-0.15, -0.1) is 0 Å². The summed E-state index contributed by atoms with van der Waals surface area (Å²) in [4.78, 5) is 21.9. The summed E-state index contributed by atoms with van der Waals surface area (Å²) >= 11 is 0. The lowest BCUT2D eigenvalue weighted by molar-refractivity contribution is -0.105. The van der Waals surface area contributed by atoms with Crippen molar-refractivity contribution >= 4 is 17.9 Å². The Morgan fingerprint density at radius 1 is 1.17 bits per heavy atom. The molecule has 0 bridgehead atoms. The molecule has 1 N–H and O–H groups in total. The third kappa shape index (κ3) is 3.05. The zero-order chi connectivity index (χ0) is 20.0. The molecule has 146 valence electrons. The molecular weight excluding hydrogens is 373 g/mol. The van der Waals surface area contributed by atoms with E-state index in [0.717, 1.165) is 35.7 Å². The average molecular weight is 391 g/mol. The molecule has 1 aliphatic heterocycles. The van der Waals surface area contributed by atoms with Gasteiger partial charge in [0.05, 0.1) is 30.0 Å². The second-order valence-corrected chi connectivity index (χ2v) is 7.14. The number of rotatable bonds is 5. The second-order valence-electron chi connectivity index (χ2n) is 7.14. The fourth-order valence-electron chi connectivity index (χ4n) is 3.69. The number of likely N-dealkylation sites (N-methyl/N-ethyl adjacent to an activating group) is 1. The Morgan fingerprint density at radius 2 is 1.97 bits per heavy atom. The third-order valence-corrected chi connectivity index (χ3v) is 5.12. The molecule has 0 atom stereocenters. The number of nitrogens with zero attached hydrogens (tertiary/aromatic N) is 6. The van der Waals surface area contributed by atoms with Crippen LogP contribution in [0.4, 0.5) is 10.2 Å². The largest absolute Gasteiger partial charge is 0.323 e. The number of hydrogen-bond donors (Lipinski definition) is 1. The predicted octanol–water partition coefficient (Wildman–Crippen LogP) is 2.45. The topological polar surface area (TPSA) is 80.4 Å². The Bertz CT molecular complexity index is 1190. The van der Waals surface area contributed by atoms with Crippen LogP contribution in [-0.4, -0.2) is 55.6 Å². The highest BCUT2D eigenvalue weighted by molar-refractivity contribution is 5.77. The number of likely N-dealkylation sites (tertiary alicyclic amines) is 1. The first-order chi connectivity index (χ1) is 14.1. The Balaban J connectivity index is 1.65. The lowest BCUT2D eigenvalue weighted by Gasteiger charge is -2.37. The summed E-state index contributed by atoms with van der Waals surface area (Å²) in [6, 6.07) is 10.3. The fourth-order valence-corrected chi connectivity index (χ4v) is 3.69. The maximum absolute atomic E-state index is 13.4. The zero-order valence-corrected chi connectivity index (χ0v) is 15.7. The Kier molecular flexibility index (Phi) is 4.09. The number of fused-ring (bicyclic) bond motifs is 1. The Morgan fingerprint density at radius 3 is 2.69 bits per heavy atom. The van der Waals surface area contributed by atoms with Crippen molar-refractivity contribution in [1.29, 1.82) is 0 Å². The fraction of sp³-hybridized carbons (Fsp3) is 0.200. The van der Waals surface area contributed by atoms with E-state index in [0.29, 0.717) is 23.9 Å².